The lowest BCUT2D eigenvalue weighted by molar-refractivity contribution is 0.455. The second-order valence-electron chi connectivity index (χ2n) is 3.58. The topological polar surface area (TPSA) is 25.2 Å². The van der Waals surface area contributed by atoms with Crippen LogP contribution >= 0.6 is 27.3 Å². The molecule has 2 nitrogen and oxygen atoms in total. The second kappa shape index (κ2) is 5.17. The molecule has 2 aromatic rings. The highest BCUT2D eigenvalue weighted by atomic mass is 79.9. The van der Waals surface area contributed by atoms with E-state index in [1.165, 1.54) is 9.75 Å². The van der Waals surface area contributed by atoms with Crippen LogP contribution in [0, 0.1) is 6.92 Å². The highest BCUT2D eigenvalue weighted by Gasteiger charge is 2.20. The average Bonchev–Trinajstić information content (AvgIpc) is 2.85. The van der Waals surface area contributed by atoms with Gasteiger partial charge in [0.1, 0.15) is 11.8 Å². The Kier molecular flexibility index (Phi) is 3.84. The molecule has 0 aliphatic carbocycles. The maximum absolute atomic E-state index is 5.49. The third-order valence-corrected chi connectivity index (χ3v) is 4.37. The molecule has 0 saturated carbocycles. The van der Waals surface area contributed by atoms with Gasteiger partial charge in [-0.2, -0.15) is 0 Å². The van der Waals surface area contributed by atoms with Gasteiger partial charge in [0.2, 0.25) is 0 Å². The van der Waals surface area contributed by atoms with Crippen molar-refractivity contribution in [3.8, 4) is 0 Å². The Labute approximate surface area is 108 Å². The zero-order valence-corrected chi connectivity index (χ0v) is 11.7. The number of hydrogen-bond donors (Lipinski definition) is 1. The summed E-state index contributed by atoms with van der Waals surface area (Å²) < 4.78 is 6.64. The lowest BCUT2D eigenvalue weighted by atomic mass is 10.2. The normalized spacial score (nSPS) is 12.9. The highest BCUT2D eigenvalue weighted by Crippen LogP contribution is 2.35. The van der Waals surface area contributed by atoms with E-state index in [9.17, 15) is 0 Å². The van der Waals surface area contributed by atoms with Crippen LogP contribution in [0.4, 0.5) is 0 Å². The van der Waals surface area contributed by atoms with Crippen LogP contribution in [-0.4, -0.2) is 6.54 Å². The smallest absolute Gasteiger partial charge is 0.126 e. The van der Waals surface area contributed by atoms with Crippen LogP contribution in [0.15, 0.2) is 33.4 Å². The Balaban J connectivity index is 2.36. The molecule has 0 bridgehead atoms. The molecule has 2 rings (SSSR count). The van der Waals surface area contributed by atoms with Crippen LogP contribution in [-0.2, 0) is 0 Å². The van der Waals surface area contributed by atoms with Crippen LogP contribution in [0.3, 0.4) is 0 Å². The summed E-state index contributed by atoms with van der Waals surface area (Å²) in [5.74, 6) is 0.962. The molecule has 2 aromatic heterocycles. The molecule has 0 saturated heterocycles. The quantitative estimate of drug-likeness (QED) is 0.919. The predicted octanol–water partition coefficient (Wildman–Crippen LogP) is 4.11. The van der Waals surface area contributed by atoms with Gasteiger partial charge in [-0.1, -0.05) is 6.92 Å². The van der Waals surface area contributed by atoms with E-state index in [0.717, 1.165) is 16.8 Å². The summed E-state index contributed by atoms with van der Waals surface area (Å²) in [4.78, 5) is 2.57. The summed E-state index contributed by atoms with van der Waals surface area (Å²) in [6.45, 7) is 5.13. The summed E-state index contributed by atoms with van der Waals surface area (Å²) >= 11 is 5.39. The van der Waals surface area contributed by atoms with Crippen LogP contribution < -0.4 is 5.32 Å². The summed E-state index contributed by atoms with van der Waals surface area (Å²) in [5.41, 5.74) is 0. The number of hydrogen-bond acceptors (Lipinski definition) is 3. The van der Waals surface area contributed by atoms with Gasteiger partial charge in [0.25, 0.3) is 0 Å². The van der Waals surface area contributed by atoms with Crippen molar-refractivity contribution in [3.05, 3.63) is 44.4 Å². The van der Waals surface area contributed by atoms with Crippen molar-refractivity contribution in [2.45, 2.75) is 19.9 Å². The molecule has 0 aliphatic rings. The van der Waals surface area contributed by atoms with E-state index in [1.54, 1.807) is 17.6 Å². The first kappa shape index (κ1) is 11.9. The van der Waals surface area contributed by atoms with Crippen LogP contribution in [0.1, 0.15) is 28.5 Å². The standard InChI is InChI=1S/C12H14BrNOS/c1-3-14-11(10-5-4-6-15-10)12-9(13)7-8(2)16-12/h4-7,11,14H,3H2,1-2H3. The van der Waals surface area contributed by atoms with E-state index >= 15 is 0 Å². The van der Waals surface area contributed by atoms with Gasteiger partial charge in [0.15, 0.2) is 0 Å². The van der Waals surface area contributed by atoms with Gasteiger partial charge >= 0.3 is 0 Å². The summed E-state index contributed by atoms with van der Waals surface area (Å²) in [7, 11) is 0. The molecule has 0 aliphatic heterocycles. The molecule has 0 fully saturated rings. The minimum Gasteiger partial charge on any atom is -0.467 e. The van der Waals surface area contributed by atoms with E-state index in [2.05, 4.69) is 41.2 Å². The van der Waals surface area contributed by atoms with E-state index < -0.39 is 0 Å². The Bertz CT molecular complexity index is 450. The molecule has 1 atom stereocenters. The van der Waals surface area contributed by atoms with E-state index in [4.69, 9.17) is 4.42 Å². The number of furan rings is 1. The first-order valence-electron chi connectivity index (χ1n) is 5.25. The lowest BCUT2D eigenvalue weighted by Gasteiger charge is -2.14. The van der Waals surface area contributed by atoms with Gasteiger partial charge in [0.05, 0.1) is 6.26 Å². The fraction of sp³-hybridized carbons (Fsp3) is 0.333. The summed E-state index contributed by atoms with van der Waals surface area (Å²) in [6.07, 6.45) is 1.72. The maximum Gasteiger partial charge on any atom is 0.126 e. The fourth-order valence-corrected chi connectivity index (χ4v) is 3.64. The van der Waals surface area contributed by atoms with Crippen molar-refractivity contribution < 1.29 is 4.42 Å². The van der Waals surface area contributed by atoms with Crippen molar-refractivity contribution >= 4 is 27.3 Å². The molecule has 0 radical (unpaired) electrons. The molecule has 86 valence electrons. The largest absolute Gasteiger partial charge is 0.467 e. The third kappa shape index (κ3) is 2.39. The monoisotopic (exact) mass is 299 g/mol. The van der Waals surface area contributed by atoms with Gasteiger partial charge in [0, 0.05) is 14.2 Å². The first-order valence-corrected chi connectivity index (χ1v) is 6.86. The van der Waals surface area contributed by atoms with Gasteiger partial charge in [-0.3, -0.25) is 0 Å². The van der Waals surface area contributed by atoms with Gasteiger partial charge in [-0.05, 0) is 47.6 Å². The Morgan fingerprint density at radius 1 is 1.56 bits per heavy atom. The van der Waals surface area contributed by atoms with Crippen LogP contribution in [0.5, 0.6) is 0 Å². The van der Waals surface area contributed by atoms with Gasteiger partial charge < -0.3 is 9.73 Å². The second-order valence-corrected chi connectivity index (χ2v) is 5.72. The fourth-order valence-electron chi connectivity index (χ4n) is 1.68. The number of halogens is 1. The Morgan fingerprint density at radius 3 is 2.88 bits per heavy atom. The molecule has 2 heterocycles. The van der Waals surface area contributed by atoms with Crippen LogP contribution in [0.25, 0.3) is 0 Å². The Hall–Kier alpha value is -0.580. The average molecular weight is 300 g/mol. The zero-order valence-electron chi connectivity index (χ0n) is 9.29. The molecular formula is C12H14BrNOS. The van der Waals surface area contributed by atoms with E-state index in [0.29, 0.717) is 0 Å². The first-order chi connectivity index (χ1) is 7.72. The zero-order chi connectivity index (χ0) is 11.5. The van der Waals surface area contributed by atoms with Gasteiger partial charge in [-0.25, -0.2) is 0 Å². The number of nitrogens with one attached hydrogen (secondary N) is 1. The summed E-state index contributed by atoms with van der Waals surface area (Å²) in [5, 5.41) is 3.44. The summed E-state index contributed by atoms with van der Waals surface area (Å²) in [6, 6.07) is 6.23. The Morgan fingerprint density at radius 2 is 2.38 bits per heavy atom. The van der Waals surface area contributed by atoms with E-state index in [1.807, 2.05) is 12.1 Å². The van der Waals surface area contributed by atoms with Crippen molar-refractivity contribution in [3.63, 3.8) is 0 Å². The molecule has 0 spiro atoms. The predicted molar refractivity (Wildman–Crippen MR) is 71.0 cm³/mol. The van der Waals surface area contributed by atoms with Crippen molar-refractivity contribution in [2.24, 2.45) is 0 Å². The molecule has 1 N–H and O–H groups in total. The van der Waals surface area contributed by atoms with Crippen molar-refractivity contribution in [1.29, 1.82) is 0 Å². The minimum atomic E-state index is 0.146. The minimum absolute atomic E-state index is 0.146. The third-order valence-electron chi connectivity index (χ3n) is 2.33. The molecule has 1 unspecified atom stereocenters. The number of thiophene rings is 1. The highest BCUT2D eigenvalue weighted by molar-refractivity contribution is 9.10. The molecule has 4 heteroatoms. The van der Waals surface area contributed by atoms with E-state index in [-0.39, 0.29) is 6.04 Å². The lowest BCUT2D eigenvalue weighted by Crippen LogP contribution is -2.20. The molecule has 0 amide bonds. The molecule has 16 heavy (non-hydrogen) atoms. The van der Waals surface area contributed by atoms with Crippen LogP contribution in [0.2, 0.25) is 0 Å². The number of rotatable bonds is 4. The maximum atomic E-state index is 5.49. The van der Waals surface area contributed by atoms with Crippen molar-refractivity contribution in [2.75, 3.05) is 6.54 Å². The van der Waals surface area contributed by atoms with Gasteiger partial charge in [-0.15, -0.1) is 11.3 Å². The molecular weight excluding hydrogens is 286 g/mol. The van der Waals surface area contributed by atoms with Crippen molar-refractivity contribution in [1.82, 2.24) is 5.32 Å². The molecule has 0 aromatic carbocycles. The number of aryl methyl sites for hydroxylation is 1. The SMILES string of the molecule is CCNC(c1ccco1)c1sc(C)cc1Br.